The second-order valence-electron chi connectivity index (χ2n) is 5.53. The van der Waals surface area contributed by atoms with E-state index in [0.717, 1.165) is 43.5 Å². The second kappa shape index (κ2) is 5.72. The Balaban J connectivity index is 2.04. The number of allylic oxidation sites excluding steroid dienone is 2. The number of amides is 1. The summed E-state index contributed by atoms with van der Waals surface area (Å²) in [7, 11) is 1.38. The zero-order valence-electron chi connectivity index (χ0n) is 12.2. The van der Waals surface area contributed by atoms with E-state index in [4.69, 9.17) is 4.74 Å². The first-order valence-corrected chi connectivity index (χ1v) is 7.42. The summed E-state index contributed by atoms with van der Waals surface area (Å²) in [6, 6.07) is 5.65. The molecule has 3 rings (SSSR count). The van der Waals surface area contributed by atoms with Gasteiger partial charge in [-0.2, -0.15) is 0 Å². The Bertz CT molecular complexity index is 618. The van der Waals surface area contributed by atoms with Gasteiger partial charge in [0.1, 0.15) is 0 Å². The molecule has 0 atom stereocenters. The molecule has 110 valence electrons. The summed E-state index contributed by atoms with van der Waals surface area (Å²) in [4.78, 5) is 25.6. The number of hydrogen-bond acceptors (Lipinski definition) is 3. The number of methoxy groups -OCH3 is 1. The zero-order valence-corrected chi connectivity index (χ0v) is 12.2. The summed E-state index contributed by atoms with van der Waals surface area (Å²) in [5.74, 6) is -0.230. The van der Waals surface area contributed by atoms with Gasteiger partial charge in [0.15, 0.2) is 0 Å². The molecular weight excluding hydrogens is 266 g/mol. The van der Waals surface area contributed by atoms with Gasteiger partial charge in [-0.1, -0.05) is 6.08 Å². The largest absolute Gasteiger partial charge is 0.465 e. The van der Waals surface area contributed by atoms with E-state index in [1.807, 2.05) is 12.1 Å². The number of rotatable bonds is 3. The first-order valence-electron chi connectivity index (χ1n) is 7.42. The van der Waals surface area contributed by atoms with Gasteiger partial charge in [-0.05, 0) is 55.0 Å². The van der Waals surface area contributed by atoms with Crippen LogP contribution in [0, 0.1) is 0 Å². The van der Waals surface area contributed by atoms with Gasteiger partial charge in [0.05, 0.1) is 12.7 Å². The molecule has 0 aromatic heterocycles. The minimum absolute atomic E-state index is 0.128. The molecule has 4 nitrogen and oxygen atoms in total. The molecule has 4 heteroatoms. The Morgan fingerprint density at radius 2 is 2.05 bits per heavy atom. The molecule has 0 spiro atoms. The fourth-order valence-electron chi connectivity index (χ4n) is 3.04. The fraction of sp³-hybridized carbons (Fsp3) is 0.412. The van der Waals surface area contributed by atoms with Gasteiger partial charge in [-0.3, -0.25) is 4.79 Å². The highest BCUT2D eigenvalue weighted by molar-refractivity contribution is 5.98. The van der Waals surface area contributed by atoms with Crippen LogP contribution in [0.4, 0.5) is 5.69 Å². The minimum atomic E-state index is -0.358. The van der Waals surface area contributed by atoms with E-state index in [1.165, 1.54) is 12.7 Å². The van der Waals surface area contributed by atoms with Crippen LogP contribution < -0.4 is 4.90 Å². The standard InChI is InChI=1S/C17H19NO3/c1-21-17(20)14-9-13(12-5-2-3-6-12)10-15(11-14)18-8-4-7-16(18)19/h5,9-11H,2-4,6-8H2,1H3. The molecular formula is C17H19NO3. The van der Waals surface area contributed by atoms with Gasteiger partial charge >= 0.3 is 5.97 Å². The fourth-order valence-corrected chi connectivity index (χ4v) is 3.04. The highest BCUT2D eigenvalue weighted by atomic mass is 16.5. The van der Waals surface area contributed by atoms with Crippen LogP contribution >= 0.6 is 0 Å². The van der Waals surface area contributed by atoms with Gasteiger partial charge in [-0.25, -0.2) is 4.79 Å². The Morgan fingerprint density at radius 1 is 1.19 bits per heavy atom. The summed E-state index contributed by atoms with van der Waals surface area (Å²) in [6.45, 7) is 0.724. The lowest BCUT2D eigenvalue weighted by Crippen LogP contribution is -2.24. The third-order valence-electron chi connectivity index (χ3n) is 4.14. The van der Waals surface area contributed by atoms with Crippen LogP contribution in [-0.2, 0) is 9.53 Å². The molecule has 0 bridgehead atoms. The topological polar surface area (TPSA) is 46.6 Å². The number of ether oxygens (including phenoxy) is 1. The summed E-state index contributed by atoms with van der Waals surface area (Å²) in [5, 5.41) is 0. The number of hydrogen-bond donors (Lipinski definition) is 0. The van der Waals surface area contributed by atoms with Crippen molar-refractivity contribution in [2.24, 2.45) is 0 Å². The first-order chi connectivity index (χ1) is 10.2. The normalized spacial score (nSPS) is 18.0. The molecule has 1 aromatic carbocycles. The predicted octanol–water partition coefficient (Wildman–Crippen LogP) is 3.17. The Labute approximate surface area is 124 Å². The maximum absolute atomic E-state index is 12.0. The van der Waals surface area contributed by atoms with E-state index in [9.17, 15) is 9.59 Å². The van der Waals surface area contributed by atoms with Crippen LogP contribution in [0.25, 0.3) is 5.57 Å². The summed E-state index contributed by atoms with van der Waals surface area (Å²) >= 11 is 0. The van der Waals surface area contributed by atoms with Crippen LogP contribution in [0.5, 0.6) is 0 Å². The maximum atomic E-state index is 12.0. The number of nitrogens with zero attached hydrogens (tertiary/aromatic N) is 1. The molecule has 0 saturated carbocycles. The van der Waals surface area contributed by atoms with Crippen LogP contribution in [0.2, 0.25) is 0 Å². The SMILES string of the molecule is COC(=O)c1cc(C2=CCCC2)cc(N2CCCC2=O)c1. The van der Waals surface area contributed by atoms with E-state index in [0.29, 0.717) is 12.0 Å². The molecule has 1 amide bonds. The highest BCUT2D eigenvalue weighted by Crippen LogP contribution is 2.32. The van der Waals surface area contributed by atoms with E-state index >= 15 is 0 Å². The molecule has 1 heterocycles. The molecule has 0 radical (unpaired) electrons. The summed E-state index contributed by atoms with van der Waals surface area (Å²) in [5.41, 5.74) is 3.61. The Morgan fingerprint density at radius 3 is 2.67 bits per heavy atom. The number of benzene rings is 1. The third-order valence-corrected chi connectivity index (χ3v) is 4.14. The molecule has 0 N–H and O–H groups in total. The molecule has 1 aliphatic carbocycles. The molecule has 1 fully saturated rings. The number of esters is 1. The molecule has 0 unspecified atom stereocenters. The van der Waals surface area contributed by atoms with E-state index in [2.05, 4.69) is 6.08 Å². The highest BCUT2D eigenvalue weighted by Gasteiger charge is 2.24. The van der Waals surface area contributed by atoms with Gasteiger partial charge in [-0.15, -0.1) is 0 Å². The van der Waals surface area contributed by atoms with Crippen molar-refractivity contribution in [3.8, 4) is 0 Å². The summed E-state index contributed by atoms with van der Waals surface area (Å²) in [6.07, 6.45) is 6.93. The van der Waals surface area contributed by atoms with Crippen molar-refractivity contribution >= 4 is 23.1 Å². The van der Waals surface area contributed by atoms with Crippen molar-refractivity contribution < 1.29 is 14.3 Å². The smallest absolute Gasteiger partial charge is 0.337 e. The number of anilines is 1. The quantitative estimate of drug-likeness (QED) is 0.801. The van der Waals surface area contributed by atoms with Crippen LogP contribution in [-0.4, -0.2) is 25.5 Å². The molecule has 1 aromatic rings. The average Bonchev–Trinajstić information content (AvgIpc) is 3.17. The lowest BCUT2D eigenvalue weighted by atomic mass is 10.0. The van der Waals surface area contributed by atoms with E-state index < -0.39 is 0 Å². The minimum Gasteiger partial charge on any atom is -0.465 e. The van der Waals surface area contributed by atoms with Gasteiger partial charge in [0.25, 0.3) is 0 Å². The molecule has 1 aliphatic heterocycles. The summed E-state index contributed by atoms with van der Waals surface area (Å²) < 4.78 is 4.84. The van der Waals surface area contributed by atoms with Crippen molar-refractivity contribution in [1.29, 1.82) is 0 Å². The molecule has 2 aliphatic rings. The predicted molar refractivity (Wildman–Crippen MR) is 81.2 cm³/mol. The van der Waals surface area contributed by atoms with Gasteiger partial charge < -0.3 is 9.64 Å². The first kappa shape index (κ1) is 13.9. The lowest BCUT2D eigenvalue weighted by molar-refractivity contribution is -0.117. The van der Waals surface area contributed by atoms with Crippen molar-refractivity contribution in [1.82, 2.24) is 0 Å². The molecule has 1 saturated heterocycles. The van der Waals surface area contributed by atoms with Gasteiger partial charge in [0, 0.05) is 18.7 Å². The van der Waals surface area contributed by atoms with Crippen LogP contribution in [0.1, 0.15) is 48.0 Å². The number of carbonyl (C=O) groups is 2. The van der Waals surface area contributed by atoms with E-state index in [-0.39, 0.29) is 11.9 Å². The monoisotopic (exact) mass is 285 g/mol. The Hall–Kier alpha value is -2.10. The average molecular weight is 285 g/mol. The third kappa shape index (κ3) is 2.71. The Kier molecular flexibility index (Phi) is 3.78. The van der Waals surface area contributed by atoms with Crippen molar-refractivity contribution in [3.63, 3.8) is 0 Å². The van der Waals surface area contributed by atoms with Crippen molar-refractivity contribution in [3.05, 3.63) is 35.4 Å². The number of carbonyl (C=O) groups excluding carboxylic acids is 2. The lowest BCUT2D eigenvalue weighted by Gasteiger charge is -2.18. The molecule has 21 heavy (non-hydrogen) atoms. The van der Waals surface area contributed by atoms with Crippen molar-refractivity contribution in [2.45, 2.75) is 32.1 Å². The maximum Gasteiger partial charge on any atom is 0.337 e. The van der Waals surface area contributed by atoms with Crippen molar-refractivity contribution in [2.75, 3.05) is 18.6 Å². The zero-order chi connectivity index (χ0) is 14.8. The van der Waals surface area contributed by atoms with Gasteiger partial charge in [0.2, 0.25) is 5.91 Å². The van der Waals surface area contributed by atoms with Crippen LogP contribution in [0.3, 0.4) is 0 Å². The second-order valence-corrected chi connectivity index (χ2v) is 5.53. The van der Waals surface area contributed by atoms with Crippen LogP contribution in [0.15, 0.2) is 24.3 Å². The van der Waals surface area contributed by atoms with E-state index in [1.54, 1.807) is 11.0 Å².